The molecule has 17 heavy (non-hydrogen) atoms. The summed E-state index contributed by atoms with van der Waals surface area (Å²) in [5, 5.41) is 0. The molecule has 0 saturated carbocycles. The van der Waals surface area contributed by atoms with Crippen LogP contribution in [0.3, 0.4) is 0 Å². The first-order chi connectivity index (χ1) is 7.95. The Hall–Kier alpha value is -0.540. The highest BCUT2D eigenvalue weighted by molar-refractivity contribution is 9.10. The van der Waals surface area contributed by atoms with Crippen molar-refractivity contribution in [2.45, 2.75) is 39.8 Å². The van der Waals surface area contributed by atoms with Crippen molar-refractivity contribution in [3.8, 4) is 0 Å². The molecule has 0 aliphatic heterocycles. The molecule has 0 heterocycles. The lowest BCUT2D eigenvalue weighted by Crippen LogP contribution is -2.31. The lowest BCUT2D eigenvalue weighted by Gasteiger charge is -2.30. The van der Waals surface area contributed by atoms with Crippen LogP contribution in [0, 0.1) is 5.92 Å². The Bertz CT molecular complexity index is 363. The van der Waals surface area contributed by atoms with Gasteiger partial charge in [-0.05, 0) is 43.0 Å². The van der Waals surface area contributed by atoms with Crippen LogP contribution in [0.2, 0.25) is 0 Å². The third kappa shape index (κ3) is 4.00. The van der Waals surface area contributed by atoms with Gasteiger partial charge in [-0.1, -0.05) is 29.8 Å². The second-order valence-electron chi connectivity index (χ2n) is 5.07. The van der Waals surface area contributed by atoms with E-state index in [0.29, 0.717) is 18.5 Å². The summed E-state index contributed by atoms with van der Waals surface area (Å²) in [4.78, 5) is 2.33. The molecule has 0 bridgehead atoms. The highest BCUT2D eigenvalue weighted by Crippen LogP contribution is 2.26. The number of halogens is 1. The number of hydrogen-bond donors (Lipinski definition) is 1. The Morgan fingerprint density at radius 1 is 1.29 bits per heavy atom. The monoisotopic (exact) mass is 298 g/mol. The van der Waals surface area contributed by atoms with Crippen LogP contribution in [0.4, 0.5) is 5.69 Å². The maximum atomic E-state index is 5.81. The van der Waals surface area contributed by atoms with Crippen molar-refractivity contribution in [1.29, 1.82) is 0 Å². The number of nitrogens with zero attached hydrogens (tertiary/aromatic N) is 1. The van der Waals surface area contributed by atoms with Gasteiger partial charge in [0.15, 0.2) is 0 Å². The van der Waals surface area contributed by atoms with E-state index in [1.165, 1.54) is 17.7 Å². The Morgan fingerprint density at radius 3 is 2.47 bits per heavy atom. The highest BCUT2D eigenvalue weighted by Gasteiger charge is 2.14. The van der Waals surface area contributed by atoms with Gasteiger partial charge in [0, 0.05) is 29.8 Å². The summed E-state index contributed by atoms with van der Waals surface area (Å²) in [6.07, 6.45) is 1.19. The average Bonchev–Trinajstić information content (AvgIpc) is 2.27. The molecule has 3 heteroatoms. The Kier molecular flexibility index (Phi) is 5.47. The van der Waals surface area contributed by atoms with Gasteiger partial charge in [0.2, 0.25) is 0 Å². The minimum atomic E-state index is 0.529. The number of benzene rings is 1. The lowest BCUT2D eigenvalue weighted by molar-refractivity contribution is 0.503. The molecule has 0 aromatic heterocycles. The molecule has 1 atom stereocenters. The van der Waals surface area contributed by atoms with E-state index in [2.05, 4.69) is 66.8 Å². The van der Waals surface area contributed by atoms with E-state index in [4.69, 9.17) is 5.73 Å². The molecule has 0 radical (unpaired) electrons. The van der Waals surface area contributed by atoms with Crippen LogP contribution in [-0.2, 0) is 6.54 Å². The van der Waals surface area contributed by atoms with Crippen LogP contribution in [0.1, 0.15) is 32.8 Å². The van der Waals surface area contributed by atoms with Gasteiger partial charge >= 0.3 is 0 Å². The van der Waals surface area contributed by atoms with Crippen molar-refractivity contribution < 1.29 is 0 Å². The van der Waals surface area contributed by atoms with Crippen molar-refractivity contribution in [3.63, 3.8) is 0 Å². The molecule has 0 aliphatic rings. The van der Waals surface area contributed by atoms with Crippen LogP contribution in [0.25, 0.3) is 0 Å². The first-order valence-corrected chi connectivity index (χ1v) is 6.96. The van der Waals surface area contributed by atoms with E-state index in [0.717, 1.165) is 4.47 Å². The topological polar surface area (TPSA) is 29.3 Å². The summed E-state index contributed by atoms with van der Waals surface area (Å²) in [5.41, 5.74) is 8.24. The summed E-state index contributed by atoms with van der Waals surface area (Å²) in [6, 6.07) is 6.85. The fraction of sp³-hybridized carbons (Fsp3) is 0.571. The predicted octanol–water partition coefficient (Wildman–Crippen LogP) is 3.78. The standard InChI is InChI=1S/C14H23BrN2/c1-10(2)7-11(3)17(4)14-6-5-13(15)8-12(14)9-16/h5-6,8,10-11H,7,9,16H2,1-4H3. The molecule has 1 unspecified atom stereocenters. The molecule has 96 valence electrons. The average molecular weight is 299 g/mol. The molecule has 1 aromatic rings. The first-order valence-electron chi connectivity index (χ1n) is 6.17. The van der Waals surface area contributed by atoms with Crippen molar-refractivity contribution in [2.75, 3.05) is 11.9 Å². The fourth-order valence-electron chi connectivity index (χ4n) is 2.14. The van der Waals surface area contributed by atoms with E-state index in [1.807, 2.05) is 0 Å². The van der Waals surface area contributed by atoms with Gasteiger partial charge in [0.05, 0.1) is 0 Å². The normalized spacial score (nSPS) is 12.9. The second-order valence-corrected chi connectivity index (χ2v) is 5.98. The van der Waals surface area contributed by atoms with Gasteiger partial charge in [-0.3, -0.25) is 0 Å². The van der Waals surface area contributed by atoms with E-state index in [9.17, 15) is 0 Å². The van der Waals surface area contributed by atoms with Gasteiger partial charge in [0.1, 0.15) is 0 Å². The first kappa shape index (κ1) is 14.5. The molecule has 0 saturated heterocycles. The van der Waals surface area contributed by atoms with Crippen LogP contribution >= 0.6 is 15.9 Å². The Balaban J connectivity index is 2.91. The molecule has 0 spiro atoms. The largest absolute Gasteiger partial charge is 0.372 e. The summed E-state index contributed by atoms with van der Waals surface area (Å²) in [7, 11) is 2.15. The lowest BCUT2D eigenvalue weighted by atomic mass is 10.0. The Labute approximate surface area is 113 Å². The molecule has 2 nitrogen and oxygen atoms in total. The zero-order valence-electron chi connectivity index (χ0n) is 11.2. The summed E-state index contributed by atoms with van der Waals surface area (Å²) in [6.45, 7) is 7.36. The van der Waals surface area contributed by atoms with Gasteiger partial charge in [0.25, 0.3) is 0 Å². The number of hydrogen-bond acceptors (Lipinski definition) is 2. The van der Waals surface area contributed by atoms with Crippen LogP contribution < -0.4 is 10.6 Å². The predicted molar refractivity (Wildman–Crippen MR) is 79.4 cm³/mol. The van der Waals surface area contributed by atoms with Crippen LogP contribution in [0.5, 0.6) is 0 Å². The minimum Gasteiger partial charge on any atom is -0.372 e. The SMILES string of the molecule is CC(C)CC(C)N(C)c1ccc(Br)cc1CN. The van der Waals surface area contributed by atoms with Crippen LogP contribution in [-0.4, -0.2) is 13.1 Å². The number of nitrogens with two attached hydrogens (primary N) is 1. The summed E-state index contributed by atoms with van der Waals surface area (Å²) in [5.74, 6) is 0.712. The molecule has 0 amide bonds. The molecule has 0 aliphatic carbocycles. The van der Waals surface area contributed by atoms with Crippen LogP contribution in [0.15, 0.2) is 22.7 Å². The van der Waals surface area contributed by atoms with E-state index < -0.39 is 0 Å². The molecule has 2 N–H and O–H groups in total. The maximum Gasteiger partial charge on any atom is 0.0412 e. The second kappa shape index (κ2) is 6.41. The van der Waals surface area contributed by atoms with Crippen molar-refractivity contribution in [1.82, 2.24) is 0 Å². The minimum absolute atomic E-state index is 0.529. The van der Waals surface area contributed by atoms with Gasteiger partial charge in [-0.15, -0.1) is 0 Å². The summed E-state index contributed by atoms with van der Waals surface area (Å²) < 4.78 is 1.09. The molecular weight excluding hydrogens is 276 g/mol. The van der Waals surface area contributed by atoms with E-state index in [-0.39, 0.29) is 0 Å². The third-order valence-corrected chi connectivity index (χ3v) is 3.61. The zero-order chi connectivity index (χ0) is 13.0. The number of anilines is 1. The zero-order valence-corrected chi connectivity index (χ0v) is 12.8. The maximum absolute atomic E-state index is 5.81. The van der Waals surface area contributed by atoms with E-state index >= 15 is 0 Å². The third-order valence-electron chi connectivity index (χ3n) is 3.12. The van der Waals surface area contributed by atoms with E-state index in [1.54, 1.807) is 0 Å². The van der Waals surface area contributed by atoms with Gasteiger partial charge in [-0.25, -0.2) is 0 Å². The highest BCUT2D eigenvalue weighted by atomic mass is 79.9. The van der Waals surface area contributed by atoms with Gasteiger partial charge < -0.3 is 10.6 Å². The Morgan fingerprint density at radius 2 is 1.94 bits per heavy atom. The fourth-order valence-corrected chi connectivity index (χ4v) is 2.55. The molecular formula is C14H23BrN2. The van der Waals surface area contributed by atoms with Crippen molar-refractivity contribution in [3.05, 3.63) is 28.2 Å². The molecule has 0 fully saturated rings. The van der Waals surface area contributed by atoms with Crippen molar-refractivity contribution in [2.24, 2.45) is 11.7 Å². The summed E-state index contributed by atoms with van der Waals surface area (Å²) >= 11 is 3.49. The number of rotatable bonds is 5. The van der Waals surface area contributed by atoms with Gasteiger partial charge in [-0.2, -0.15) is 0 Å². The smallest absolute Gasteiger partial charge is 0.0412 e. The quantitative estimate of drug-likeness (QED) is 0.896. The molecule has 1 aromatic carbocycles. The van der Waals surface area contributed by atoms with Crippen molar-refractivity contribution >= 4 is 21.6 Å². The molecule has 1 rings (SSSR count).